The summed E-state index contributed by atoms with van der Waals surface area (Å²) >= 11 is 0. The van der Waals surface area contributed by atoms with Gasteiger partial charge in [-0.05, 0) is 25.0 Å². The lowest BCUT2D eigenvalue weighted by Gasteiger charge is -2.19. The topological polar surface area (TPSA) is 118 Å². The van der Waals surface area contributed by atoms with Gasteiger partial charge in [-0.3, -0.25) is 14.4 Å². The summed E-state index contributed by atoms with van der Waals surface area (Å²) in [6.07, 6.45) is -0.0394. The monoisotopic (exact) mass is 376 g/mol. The molecule has 0 fully saturated rings. The van der Waals surface area contributed by atoms with Crippen molar-refractivity contribution >= 4 is 29.1 Å². The number of carbonyl (C=O) groups excluding carboxylic acids is 3. The summed E-state index contributed by atoms with van der Waals surface area (Å²) in [6, 6.07) is 5.11. The van der Waals surface area contributed by atoms with Gasteiger partial charge in [0, 0.05) is 24.0 Å². The first kappa shape index (κ1) is 20.2. The number of nitrogens with one attached hydrogen (secondary N) is 3. The largest absolute Gasteiger partial charge is 0.486 e. The molecule has 1 aliphatic heterocycles. The second-order valence-corrected chi connectivity index (χ2v) is 6.48. The molecule has 1 aliphatic rings. The average molecular weight is 376 g/mol. The van der Waals surface area contributed by atoms with Gasteiger partial charge in [0.25, 0.3) is 0 Å². The number of hydrogen-bond donors (Lipinski definition) is 3. The second kappa shape index (κ2) is 9.56. The number of ether oxygens (including phenoxy) is 2. The van der Waals surface area contributed by atoms with E-state index in [0.29, 0.717) is 42.7 Å². The minimum atomic E-state index is -0.873. The molecule has 0 spiro atoms. The van der Waals surface area contributed by atoms with Gasteiger partial charge in [0.05, 0.1) is 6.42 Å². The summed E-state index contributed by atoms with van der Waals surface area (Å²) in [5, 5.41) is 8.98. The Kier molecular flexibility index (Phi) is 7.16. The summed E-state index contributed by atoms with van der Waals surface area (Å²) in [4.78, 5) is 35.3. The van der Waals surface area contributed by atoms with Crippen molar-refractivity contribution < 1.29 is 23.9 Å². The van der Waals surface area contributed by atoms with Gasteiger partial charge in [0.2, 0.25) is 5.91 Å². The highest BCUT2D eigenvalue weighted by atomic mass is 16.6. The van der Waals surface area contributed by atoms with Gasteiger partial charge in [-0.15, -0.1) is 0 Å². The van der Waals surface area contributed by atoms with Crippen LogP contribution in [-0.2, 0) is 14.4 Å². The molecule has 3 N–H and O–H groups in total. The van der Waals surface area contributed by atoms with E-state index in [1.807, 2.05) is 13.8 Å². The van der Waals surface area contributed by atoms with E-state index in [-0.39, 0.29) is 18.2 Å². The predicted molar refractivity (Wildman–Crippen MR) is 99.8 cm³/mol. The molecule has 0 radical (unpaired) electrons. The highest BCUT2D eigenvalue weighted by molar-refractivity contribution is 6.35. The third-order valence-corrected chi connectivity index (χ3v) is 3.47. The van der Waals surface area contributed by atoms with E-state index in [1.54, 1.807) is 25.1 Å². The average Bonchev–Trinajstić information content (AvgIpc) is 2.63. The van der Waals surface area contributed by atoms with E-state index in [9.17, 15) is 14.4 Å². The zero-order valence-corrected chi connectivity index (χ0v) is 15.6. The van der Waals surface area contributed by atoms with E-state index in [1.165, 1.54) is 0 Å². The number of benzene rings is 1. The van der Waals surface area contributed by atoms with Gasteiger partial charge in [0.15, 0.2) is 11.5 Å². The summed E-state index contributed by atoms with van der Waals surface area (Å²) < 4.78 is 10.9. The van der Waals surface area contributed by atoms with E-state index in [2.05, 4.69) is 21.2 Å². The third kappa shape index (κ3) is 6.61. The quantitative estimate of drug-likeness (QED) is 0.390. The number of carbonyl (C=O) groups is 3. The van der Waals surface area contributed by atoms with Gasteiger partial charge in [-0.25, -0.2) is 5.43 Å². The van der Waals surface area contributed by atoms with Crippen molar-refractivity contribution in [3.8, 4) is 11.5 Å². The standard InChI is InChI=1S/C18H24N4O5/c1-11(2)10-19-17(24)18(25)22-21-12(3)8-16(23)20-13-4-5-14-15(9-13)27-7-6-26-14/h4-5,9,11H,6-8,10H2,1-3H3,(H,19,24)(H,20,23)(H,22,25)/b21-12+. The zero-order chi connectivity index (χ0) is 19.8. The van der Waals surface area contributed by atoms with Crippen molar-refractivity contribution in [2.45, 2.75) is 27.2 Å². The highest BCUT2D eigenvalue weighted by Crippen LogP contribution is 2.32. The van der Waals surface area contributed by atoms with Crippen LogP contribution in [0.25, 0.3) is 0 Å². The Balaban J connectivity index is 1.81. The Bertz CT molecular complexity index is 745. The second-order valence-electron chi connectivity index (χ2n) is 6.48. The number of amides is 3. The molecule has 0 saturated heterocycles. The van der Waals surface area contributed by atoms with Gasteiger partial charge in [-0.2, -0.15) is 5.10 Å². The van der Waals surface area contributed by atoms with Crippen LogP contribution in [0.15, 0.2) is 23.3 Å². The van der Waals surface area contributed by atoms with E-state index in [0.717, 1.165) is 0 Å². The van der Waals surface area contributed by atoms with Gasteiger partial charge < -0.3 is 20.1 Å². The Hall–Kier alpha value is -3.10. The van der Waals surface area contributed by atoms with Crippen LogP contribution in [0.2, 0.25) is 0 Å². The van der Waals surface area contributed by atoms with Crippen molar-refractivity contribution in [1.82, 2.24) is 10.7 Å². The van der Waals surface area contributed by atoms with E-state index >= 15 is 0 Å². The lowest BCUT2D eigenvalue weighted by atomic mass is 10.2. The number of anilines is 1. The first-order valence-corrected chi connectivity index (χ1v) is 8.66. The fourth-order valence-corrected chi connectivity index (χ4v) is 2.17. The molecule has 1 aromatic rings. The number of nitrogens with zero attached hydrogens (tertiary/aromatic N) is 1. The normalized spacial score (nSPS) is 13.1. The first-order chi connectivity index (χ1) is 12.8. The molecule has 1 aromatic carbocycles. The Morgan fingerprint density at radius 3 is 2.52 bits per heavy atom. The van der Waals surface area contributed by atoms with Gasteiger partial charge in [0.1, 0.15) is 13.2 Å². The molecule has 2 rings (SSSR count). The fourth-order valence-electron chi connectivity index (χ4n) is 2.17. The summed E-state index contributed by atoms with van der Waals surface area (Å²) in [5.74, 6) is -0.509. The van der Waals surface area contributed by atoms with Crippen molar-refractivity contribution in [2.24, 2.45) is 11.0 Å². The molecule has 0 saturated carbocycles. The van der Waals surface area contributed by atoms with E-state index in [4.69, 9.17) is 9.47 Å². The Labute approximate surface area is 157 Å². The minimum absolute atomic E-state index is 0.0394. The smallest absolute Gasteiger partial charge is 0.329 e. The van der Waals surface area contributed by atoms with Crippen LogP contribution in [0, 0.1) is 5.92 Å². The molecule has 9 heteroatoms. The molecule has 27 heavy (non-hydrogen) atoms. The third-order valence-electron chi connectivity index (χ3n) is 3.47. The number of hydrogen-bond acceptors (Lipinski definition) is 6. The maximum atomic E-state index is 12.1. The Morgan fingerprint density at radius 2 is 1.81 bits per heavy atom. The SMILES string of the molecule is C/C(CC(=O)Nc1ccc2c(c1)OCCO2)=N\NC(=O)C(=O)NCC(C)C. The van der Waals surface area contributed by atoms with Crippen molar-refractivity contribution in [2.75, 3.05) is 25.1 Å². The maximum Gasteiger partial charge on any atom is 0.329 e. The molecule has 0 aromatic heterocycles. The zero-order valence-electron chi connectivity index (χ0n) is 15.6. The lowest BCUT2D eigenvalue weighted by Crippen LogP contribution is -2.39. The van der Waals surface area contributed by atoms with Crippen LogP contribution in [0.3, 0.4) is 0 Å². The fraction of sp³-hybridized carbons (Fsp3) is 0.444. The molecule has 9 nitrogen and oxygen atoms in total. The summed E-state index contributed by atoms with van der Waals surface area (Å²) in [6.45, 7) is 6.76. The summed E-state index contributed by atoms with van der Waals surface area (Å²) in [5.41, 5.74) is 3.06. The number of fused-ring (bicyclic) bond motifs is 1. The number of hydrazone groups is 1. The van der Waals surface area contributed by atoms with Gasteiger partial charge in [-0.1, -0.05) is 13.8 Å². The molecule has 0 bridgehead atoms. The molecular weight excluding hydrogens is 352 g/mol. The van der Waals surface area contributed by atoms with Crippen LogP contribution >= 0.6 is 0 Å². The lowest BCUT2D eigenvalue weighted by molar-refractivity contribution is -0.139. The summed E-state index contributed by atoms with van der Waals surface area (Å²) in [7, 11) is 0. The van der Waals surface area contributed by atoms with Gasteiger partial charge >= 0.3 is 11.8 Å². The number of rotatable bonds is 6. The molecule has 3 amide bonds. The predicted octanol–water partition coefficient (Wildman–Crippen LogP) is 1.05. The van der Waals surface area contributed by atoms with Crippen molar-refractivity contribution in [3.05, 3.63) is 18.2 Å². The highest BCUT2D eigenvalue weighted by Gasteiger charge is 2.14. The molecule has 0 aliphatic carbocycles. The van der Waals surface area contributed by atoms with Crippen LogP contribution in [0.5, 0.6) is 11.5 Å². The molecule has 1 heterocycles. The maximum absolute atomic E-state index is 12.1. The van der Waals surface area contributed by atoms with Crippen LogP contribution in [0.1, 0.15) is 27.2 Å². The first-order valence-electron chi connectivity index (χ1n) is 8.66. The Morgan fingerprint density at radius 1 is 1.11 bits per heavy atom. The van der Waals surface area contributed by atoms with Crippen LogP contribution in [-0.4, -0.2) is 43.2 Å². The van der Waals surface area contributed by atoms with Crippen molar-refractivity contribution in [3.63, 3.8) is 0 Å². The molecule has 0 unspecified atom stereocenters. The molecule has 146 valence electrons. The molecule has 0 atom stereocenters. The molecular formula is C18H24N4O5. The van der Waals surface area contributed by atoms with Crippen LogP contribution in [0.4, 0.5) is 5.69 Å². The van der Waals surface area contributed by atoms with E-state index < -0.39 is 11.8 Å². The van der Waals surface area contributed by atoms with Crippen molar-refractivity contribution in [1.29, 1.82) is 0 Å². The minimum Gasteiger partial charge on any atom is -0.486 e. The van der Waals surface area contributed by atoms with Crippen LogP contribution < -0.4 is 25.5 Å².